The van der Waals surface area contributed by atoms with Crippen LogP contribution in [0.15, 0.2) is 66.9 Å². The molecule has 0 amide bonds. The highest BCUT2D eigenvalue weighted by Gasteiger charge is 2.14. The minimum Gasteiger partial charge on any atom is -0.497 e. The van der Waals surface area contributed by atoms with Gasteiger partial charge in [0.2, 0.25) is 0 Å². The number of methoxy groups -OCH3 is 1. The van der Waals surface area contributed by atoms with Crippen LogP contribution < -0.4 is 15.8 Å². The van der Waals surface area contributed by atoms with E-state index in [0.717, 1.165) is 58.7 Å². The second kappa shape index (κ2) is 11.8. The van der Waals surface area contributed by atoms with Crippen molar-refractivity contribution in [1.29, 1.82) is 0 Å². The highest BCUT2D eigenvalue weighted by molar-refractivity contribution is 5.86. The number of fused-ring (bicyclic) bond motifs is 1. The fraction of sp³-hybridized carbons (Fsp3) is 0.250. The smallest absolute Gasteiger partial charge is 0.118 e. The van der Waals surface area contributed by atoms with Gasteiger partial charge in [-0.1, -0.05) is 18.2 Å². The molecule has 170 valence electrons. The lowest BCUT2D eigenvalue weighted by atomic mass is 9.97. The normalized spacial score (nSPS) is 11.5. The molecule has 0 aliphatic heterocycles. The van der Waals surface area contributed by atoms with Crippen LogP contribution in [0, 0.1) is 0 Å². The monoisotopic (exact) mass is 473 g/mol. The Labute approximate surface area is 201 Å². The lowest BCUT2D eigenvalue weighted by Crippen LogP contribution is -2.22. The van der Waals surface area contributed by atoms with Crippen LogP contribution in [0.1, 0.15) is 23.7 Å². The maximum absolute atomic E-state index is 6.64. The van der Waals surface area contributed by atoms with Crippen molar-refractivity contribution in [1.82, 2.24) is 20.1 Å². The molecule has 6 nitrogen and oxygen atoms in total. The molecule has 0 bridgehead atoms. The molecule has 8 heteroatoms. The number of benzene rings is 2. The van der Waals surface area contributed by atoms with Gasteiger partial charge in [-0.3, -0.25) is 4.68 Å². The molecule has 3 N–H and O–H groups in total. The van der Waals surface area contributed by atoms with Gasteiger partial charge in [0.1, 0.15) is 5.75 Å². The molecule has 2 heterocycles. The lowest BCUT2D eigenvalue weighted by Gasteiger charge is -2.17. The Morgan fingerprint density at radius 3 is 2.50 bits per heavy atom. The summed E-state index contributed by atoms with van der Waals surface area (Å²) >= 11 is 0. The van der Waals surface area contributed by atoms with Gasteiger partial charge in [0.05, 0.1) is 24.0 Å². The third-order valence-corrected chi connectivity index (χ3v) is 5.39. The molecular formula is C24H29Cl2N5O. The molecule has 4 rings (SSSR count). The van der Waals surface area contributed by atoms with Crippen molar-refractivity contribution >= 4 is 35.7 Å². The molecule has 2 aromatic carbocycles. The maximum atomic E-state index is 6.64. The molecule has 1 unspecified atom stereocenters. The van der Waals surface area contributed by atoms with Crippen molar-refractivity contribution in [3.63, 3.8) is 0 Å². The van der Waals surface area contributed by atoms with E-state index in [2.05, 4.69) is 22.5 Å². The number of nitrogens with one attached hydrogen (secondary N) is 1. The molecular weight excluding hydrogens is 445 g/mol. The molecule has 0 fully saturated rings. The van der Waals surface area contributed by atoms with Gasteiger partial charge in [-0.05, 0) is 61.0 Å². The van der Waals surface area contributed by atoms with Gasteiger partial charge in [0.15, 0.2) is 0 Å². The SMILES string of the molecule is COc1ccc(-c2cc(C(N)CCNCc3ccnn3C)c3ccccc3n2)cc1.Cl.Cl. The highest BCUT2D eigenvalue weighted by Crippen LogP contribution is 2.29. The number of aromatic nitrogens is 3. The number of nitrogens with two attached hydrogens (primary N) is 1. The van der Waals surface area contributed by atoms with Gasteiger partial charge in [0.25, 0.3) is 0 Å². The third kappa shape index (κ3) is 5.78. The first-order chi connectivity index (χ1) is 14.7. The average molecular weight is 474 g/mol. The summed E-state index contributed by atoms with van der Waals surface area (Å²) in [6.45, 7) is 1.60. The molecule has 0 aliphatic carbocycles. The van der Waals surface area contributed by atoms with Gasteiger partial charge in [-0.25, -0.2) is 4.98 Å². The summed E-state index contributed by atoms with van der Waals surface area (Å²) in [4.78, 5) is 4.86. The fourth-order valence-electron chi connectivity index (χ4n) is 3.62. The topological polar surface area (TPSA) is 78.0 Å². The van der Waals surface area contributed by atoms with Gasteiger partial charge in [0, 0.05) is 36.8 Å². The standard InChI is InChI=1S/C24H27N5O.2ClH/c1-29-18(11-14-27-29)16-26-13-12-22(25)21-15-24(17-7-9-19(30-2)10-8-17)28-23-6-4-3-5-20(21)23;;/h3-11,14-15,22,26H,12-13,16,25H2,1-2H3;2*1H. The lowest BCUT2D eigenvalue weighted by molar-refractivity contribution is 0.415. The Kier molecular flexibility index (Phi) is 9.47. The number of nitrogens with zero attached hydrogens (tertiary/aromatic N) is 3. The summed E-state index contributed by atoms with van der Waals surface area (Å²) in [7, 11) is 3.62. The number of ether oxygens (including phenoxy) is 1. The maximum Gasteiger partial charge on any atom is 0.118 e. The zero-order valence-corrected chi connectivity index (χ0v) is 19.8. The van der Waals surface area contributed by atoms with Crippen LogP contribution in [0.5, 0.6) is 5.75 Å². The van der Waals surface area contributed by atoms with Crippen LogP contribution in [-0.4, -0.2) is 28.4 Å². The first-order valence-corrected chi connectivity index (χ1v) is 10.1. The number of rotatable bonds is 8. The van der Waals surface area contributed by atoms with Crippen molar-refractivity contribution in [2.24, 2.45) is 12.8 Å². The molecule has 4 aromatic rings. The summed E-state index contributed by atoms with van der Waals surface area (Å²) in [5.74, 6) is 0.830. The number of hydrogen-bond donors (Lipinski definition) is 2. The van der Waals surface area contributed by atoms with Crippen LogP contribution in [0.2, 0.25) is 0 Å². The largest absolute Gasteiger partial charge is 0.497 e. The molecule has 0 saturated heterocycles. The molecule has 0 aliphatic rings. The minimum atomic E-state index is -0.0889. The van der Waals surface area contributed by atoms with Crippen LogP contribution >= 0.6 is 24.8 Å². The van der Waals surface area contributed by atoms with Gasteiger partial charge in [-0.15, -0.1) is 24.8 Å². The van der Waals surface area contributed by atoms with E-state index in [9.17, 15) is 0 Å². The number of pyridine rings is 1. The van der Waals surface area contributed by atoms with E-state index < -0.39 is 0 Å². The van der Waals surface area contributed by atoms with Gasteiger partial charge >= 0.3 is 0 Å². The summed E-state index contributed by atoms with van der Waals surface area (Å²) in [5, 5.41) is 8.77. The Morgan fingerprint density at radius 2 is 1.81 bits per heavy atom. The summed E-state index contributed by atoms with van der Waals surface area (Å²) in [6, 6.07) is 20.2. The molecule has 1 atom stereocenters. The van der Waals surface area contributed by atoms with E-state index in [0.29, 0.717) is 0 Å². The van der Waals surface area contributed by atoms with Crippen LogP contribution in [0.3, 0.4) is 0 Å². The number of hydrogen-bond acceptors (Lipinski definition) is 5. The molecule has 32 heavy (non-hydrogen) atoms. The van der Waals surface area contributed by atoms with E-state index in [1.165, 1.54) is 0 Å². The zero-order chi connectivity index (χ0) is 20.9. The number of halogens is 2. The average Bonchev–Trinajstić information content (AvgIpc) is 3.20. The van der Waals surface area contributed by atoms with E-state index in [-0.39, 0.29) is 30.9 Å². The Bertz CT molecular complexity index is 1130. The van der Waals surface area contributed by atoms with E-state index in [1.54, 1.807) is 7.11 Å². The van der Waals surface area contributed by atoms with Crippen molar-refractivity contribution < 1.29 is 4.74 Å². The van der Waals surface area contributed by atoms with Crippen molar-refractivity contribution in [3.8, 4) is 17.0 Å². The van der Waals surface area contributed by atoms with Crippen molar-refractivity contribution in [3.05, 3.63) is 78.1 Å². The predicted octanol–water partition coefficient (Wildman–Crippen LogP) is 4.67. The summed E-state index contributed by atoms with van der Waals surface area (Å²) in [5.41, 5.74) is 11.8. The molecule has 2 aromatic heterocycles. The third-order valence-electron chi connectivity index (χ3n) is 5.39. The highest BCUT2D eigenvalue weighted by atomic mass is 35.5. The first kappa shape index (κ1) is 25.6. The molecule has 0 saturated carbocycles. The Hall–Kier alpha value is -2.64. The first-order valence-electron chi connectivity index (χ1n) is 10.1. The van der Waals surface area contributed by atoms with Crippen LogP contribution in [0.4, 0.5) is 0 Å². The number of para-hydroxylation sites is 1. The fourth-order valence-corrected chi connectivity index (χ4v) is 3.62. The number of aryl methyl sites for hydroxylation is 1. The molecule has 0 spiro atoms. The predicted molar refractivity (Wildman–Crippen MR) is 135 cm³/mol. The quantitative estimate of drug-likeness (QED) is 0.363. The second-order valence-corrected chi connectivity index (χ2v) is 7.36. The Balaban J connectivity index is 0.00000181. The zero-order valence-electron chi connectivity index (χ0n) is 18.2. The van der Waals surface area contributed by atoms with Crippen LogP contribution in [-0.2, 0) is 13.6 Å². The van der Waals surface area contributed by atoms with Gasteiger partial charge in [-0.2, -0.15) is 5.10 Å². The minimum absolute atomic E-state index is 0. The van der Waals surface area contributed by atoms with E-state index in [4.69, 9.17) is 15.5 Å². The van der Waals surface area contributed by atoms with Crippen molar-refractivity contribution in [2.45, 2.75) is 19.0 Å². The van der Waals surface area contributed by atoms with Crippen LogP contribution in [0.25, 0.3) is 22.2 Å². The van der Waals surface area contributed by atoms with E-state index >= 15 is 0 Å². The second-order valence-electron chi connectivity index (χ2n) is 7.36. The van der Waals surface area contributed by atoms with E-state index in [1.807, 2.05) is 66.5 Å². The Morgan fingerprint density at radius 1 is 1.06 bits per heavy atom. The van der Waals surface area contributed by atoms with Gasteiger partial charge < -0.3 is 15.8 Å². The molecule has 0 radical (unpaired) electrons. The summed E-state index contributed by atoms with van der Waals surface area (Å²) < 4.78 is 7.15. The van der Waals surface area contributed by atoms with Crippen molar-refractivity contribution in [2.75, 3.05) is 13.7 Å². The summed E-state index contributed by atoms with van der Waals surface area (Å²) in [6.07, 6.45) is 2.64.